The number of hydrogen-bond acceptors (Lipinski definition) is 4. The number of methoxy groups -OCH3 is 1. The molecule has 0 fully saturated rings. The molecule has 0 bridgehead atoms. The van der Waals surface area contributed by atoms with Gasteiger partial charge >= 0.3 is 5.97 Å². The normalized spacial score (nSPS) is 12.2. The molecular weight excluding hydrogens is 244 g/mol. The predicted molar refractivity (Wildman–Crippen MR) is 74.4 cm³/mol. The zero-order chi connectivity index (χ0) is 14.4. The van der Waals surface area contributed by atoms with Crippen molar-refractivity contribution in [2.45, 2.75) is 32.9 Å². The fourth-order valence-electron chi connectivity index (χ4n) is 1.87. The minimum absolute atomic E-state index is 0.0307. The highest BCUT2D eigenvalue weighted by atomic mass is 16.5. The number of ether oxygens (including phenoxy) is 1. The Kier molecular flexibility index (Phi) is 5.79. The van der Waals surface area contributed by atoms with Crippen LogP contribution in [-0.2, 0) is 11.3 Å². The molecule has 0 heterocycles. The van der Waals surface area contributed by atoms with Gasteiger partial charge in [0, 0.05) is 24.7 Å². The number of carbonyl (C=O) groups is 1. The van der Waals surface area contributed by atoms with E-state index in [9.17, 15) is 4.79 Å². The molecule has 0 amide bonds. The molecule has 0 aliphatic rings. The van der Waals surface area contributed by atoms with Crippen LogP contribution in [0.2, 0.25) is 0 Å². The largest absolute Gasteiger partial charge is 0.496 e. The maximum Gasteiger partial charge on any atom is 0.304 e. The summed E-state index contributed by atoms with van der Waals surface area (Å²) in [5.41, 5.74) is 9.12. The maximum atomic E-state index is 10.5. The van der Waals surface area contributed by atoms with E-state index >= 15 is 0 Å². The lowest BCUT2D eigenvalue weighted by atomic mass is 10.0. The van der Waals surface area contributed by atoms with E-state index in [1.54, 1.807) is 7.11 Å². The second-order valence-electron chi connectivity index (χ2n) is 4.74. The summed E-state index contributed by atoms with van der Waals surface area (Å²) < 4.78 is 5.34. The van der Waals surface area contributed by atoms with Gasteiger partial charge in [0.05, 0.1) is 13.5 Å². The van der Waals surface area contributed by atoms with Gasteiger partial charge < -0.3 is 20.9 Å². The Labute approximate surface area is 113 Å². The molecule has 0 saturated heterocycles. The summed E-state index contributed by atoms with van der Waals surface area (Å²) in [5, 5.41) is 11.8. The SMILES string of the molecule is COc1cc(C)c(C)cc1CNCC(N)CC(=O)O. The lowest BCUT2D eigenvalue weighted by Crippen LogP contribution is -2.35. The molecule has 1 aromatic carbocycles. The van der Waals surface area contributed by atoms with Crippen molar-refractivity contribution >= 4 is 5.97 Å². The van der Waals surface area contributed by atoms with Gasteiger partial charge in [0.2, 0.25) is 0 Å². The molecule has 1 rings (SSSR count). The number of nitrogens with two attached hydrogens (primary N) is 1. The Bertz CT molecular complexity index is 447. The summed E-state index contributed by atoms with van der Waals surface area (Å²) in [6.07, 6.45) is -0.0307. The zero-order valence-corrected chi connectivity index (χ0v) is 11.7. The lowest BCUT2D eigenvalue weighted by Gasteiger charge is -2.14. The summed E-state index contributed by atoms with van der Waals surface area (Å²) in [4.78, 5) is 10.5. The molecular formula is C14H22N2O3. The minimum atomic E-state index is -0.877. The number of carboxylic acid groups (broad SMARTS) is 1. The van der Waals surface area contributed by atoms with Gasteiger partial charge in [0.1, 0.15) is 5.75 Å². The topological polar surface area (TPSA) is 84.6 Å². The van der Waals surface area contributed by atoms with E-state index in [1.807, 2.05) is 13.0 Å². The van der Waals surface area contributed by atoms with Crippen LogP contribution < -0.4 is 15.8 Å². The van der Waals surface area contributed by atoms with E-state index < -0.39 is 5.97 Å². The summed E-state index contributed by atoms with van der Waals surface area (Å²) in [7, 11) is 1.64. The number of aryl methyl sites for hydroxylation is 2. The number of hydrogen-bond donors (Lipinski definition) is 3. The highest BCUT2D eigenvalue weighted by Crippen LogP contribution is 2.22. The van der Waals surface area contributed by atoms with Crippen LogP contribution in [0.15, 0.2) is 12.1 Å². The van der Waals surface area contributed by atoms with Crippen LogP contribution in [0, 0.1) is 13.8 Å². The number of nitrogens with one attached hydrogen (secondary N) is 1. The molecule has 5 heteroatoms. The standard InChI is InChI=1S/C14H22N2O3/c1-9-4-11(13(19-3)5-10(9)2)7-16-8-12(15)6-14(17)18/h4-5,12,16H,6-8,15H2,1-3H3,(H,17,18). The molecule has 106 valence electrons. The summed E-state index contributed by atoms with van der Waals surface area (Å²) in [5.74, 6) is -0.0412. The first-order chi connectivity index (χ1) is 8.93. The third-order valence-electron chi connectivity index (χ3n) is 3.06. The van der Waals surface area contributed by atoms with Crippen LogP contribution >= 0.6 is 0 Å². The van der Waals surface area contributed by atoms with Crippen LogP contribution in [-0.4, -0.2) is 30.8 Å². The quantitative estimate of drug-likeness (QED) is 0.690. The van der Waals surface area contributed by atoms with E-state index in [2.05, 4.69) is 18.3 Å². The van der Waals surface area contributed by atoms with E-state index in [0.29, 0.717) is 13.1 Å². The molecule has 19 heavy (non-hydrogen) atoms. The third-order valence-corrected chi connectivity index (χ3v) is 3.06. The smallest absolute Gasteiger partial charge is 0.304 e. The monoisotopic (exact) mass is 266 g/mol. The van der Waals surface area contributed by atoms with Crippen LogP contribution in [0.25, 0.3) is 0 Å². The number of carboxylic acids is 1. The molecule has 0 spiro atoms. The Morgan fingerprint density at radius 1 is 1.42 bits per heavy atom. The first kappa shape index (κ1) is 15.5. The summed E-state index contributed by atoms with van der Waals surface area (Å²) in [6.45, 7) is 5.16. The van der Waals surface area contributed by atoms with Crippen molar-refractivity contribution in [2.24, 2.45) is 5.73 Å². The average molecular weight is 266 g/mol. The Morgan fingerprint density at radius 3 is 2.63 bits per heavy atom. The molecule has 0 aliphatic heterocycles. The van der Waals surface area contributed by atoms with E-state index in [0.717, 1.165) is 11.3 Å². The first-order valence-electron chi connectivity index (χ1n) is 6.26. The van der Waals surface area contributed by atoms with Crippen molar-refractivity contribution in [1.82, 2.24) is 5.32 Å². The second-order valence-corrected chi connectivity index (χ2v) is 4.74. The predicted octanol–water partition coefficient (Wildman–Crippen LogP) is 1.20. The Balaban J connectivity index is 2.57. The van der Waals surface area contributed by atoms with Crippen molar-refractivity contribution in [2.75, 3.05) is 13.7 Å². The number of benzene rings is 1. The lowest BCUT2D eigenvalue weighted by molar-refractivity contribution is -0.137. The van der Waals surface area contributed by atoms with E-state index in [1.165, 1.54) is 11.1 Å². The van der Waals surface area contributed by atoms with E-state index in [-0.39, 0.29) is 12.5 Å². The van der Waals surface area contributed by atoms with Crippen LogP contribution in [0.5, 0.6) is 5.75 Å². The van der Waals surface area contributed by atoms with Crippen LogP contribution in [0.4, 0.5) is 0 Å². The molecule has 1 atom stereocenters. The van der Waals surface area contributed by atoms with Gasteiger partial charge in [-0.1, -0.05) is 6.07 Å². The molecule has 0 radical (unpaired) electrons. The molecule has 5 nitrogen and oxygen atoms in total. The highest BCUT2D eigenvalue weighted by Gasteiger charge is 2.09. The average Bonchev–Trinajstić information content (AvgIpc) is 2.32. The summed E-state index contributed by atoms with van der Waals surface area (Å²) in [6, 6.07) is 3.70. The second kappa shape index (κ2) is 7.11. The van der Waals surface area contributed by atoms with Crippen molar-refractivity contribution in [3.63, 3.8) is 0 Å². The fourth-order valence-corrected chi connectivity index (χ4v) is 1.87. The number of rotatable bonds is 7. The molecule has 1 unspecified atom stereocenters. The fraction of sp³-hybridized carbons (Fsp3) is 0.500. The maximum absolute atomic E-state index is 10.5. The van der Waals surface area contributed by atoms with Crippen molar-refractivity contribution < 1.29 is 14.6 Å². The number of aliphatic carboxylic acids is 1. The third kappa shape index (κ3) is 4.89. The van der Waals surface area contributed by atoms with Gasteiger partial charge in [-0.25, -0.2) is 0 Å². The Hall–Kier alpha value is -1.59. The van der Waals surface area contributed by atoms with E-state index in [4.69, 9.17) is 15.6 Å². The zero-order valence-electron chi connectivity index (χ0n) is 11.7. The van der Waals surface area contributed by atoms with Crippen LogP contribution in [0.3, 0.4) is 0 Å². The van der Waals surface area contributed by atoms with Gasteiger partial charge in [-0.3, -0.25) is 4.79 Å². The van der Waals surface area contributed by atoms with Gasteiger partial charge in [0.15, 0.2) is 0 Å². The Morgan fingerprint density at radius 2 is 2.05 bits per heavy atom. The van der Waals surface area contributed by atoms with Crippen molar-refractivity contribution in [3.05, 3.63) is 28.8 Å². The van der Waals surface area contributed by atoms with Crippen molar-refractivity contribution in [3.8, 4) is 5.75 Å². The van der Waals surface area contributed by atoms with Gasteiger partial charge in [-0.15, -0.1) is 0 Å². The van der Waals surface area contributed by atoms with Gasteiger partial charge in [-0.05, 0) is 31.0 Å². The molecule has 1 aromatic rings. The molecule has 4 N–H and O–H groups in total. The van der Waals surface area contributed by atoms with Crippen LogP contribution in [0.1, 0.15) is 23.1 Å². The van der Waals surface area contributed by atoms with Gasteiger partial charge in [-0.2, -0.15) is 0 Å². The minimum Gasteiger partial charge on any atom is -0.496 e. The molecule has 0 aliphatic carbocycles. The molecule has 0 saturated carbocycles. The molecule has 0 aromatic heterocycles. The van der Waals surface area contributed by atoms with Crippen molar-refractivity contribution in [1.29, 1.82) is 0 Å². The highest BCUT2D eigenvalue weighted by molar-refractivity contribution is 5.67. The summed E-state index contributed by atoms with van der Waals surface area (Å²) >= 11 is 0. The first-order valence-corrected chi connectivity index (χ1v) is 6.26. The van der Waals surface area contributed by atoms with Gasteiger partial charge in [0.25, 0.3) is 0 Å².